The minimum Gasteiger partial charge on any atom is -0.389 e. The van der Waals surface area contributed by atoms with Gasteiger partial charge in [0.25, 0.3) is 0 Å². The van der Waals surface area contributed by atoms with E-state index >= 15 is 0 Å². The number of benzene rings is 1. The standard InChI is InChI=1S/C14H21NO2/c1-11(16)12-4-6-13(7-5-12)15-9-3-8-14(2,17)10-15/h4-7,11,16-17H,3,8-10H2,1-2H3/t11-,14?/m0/s1. The summed E-state index contributed by atoms with van der Waals surface area (Å²) in [6.45, 7) is 5.33. The van der Waals surface area contributed by atoms with Crippen LogP contribution in [0.15, 0.2) is 24.3 Å². The monoisotopic (exact) mass is 235 g/mol. The molecule has 0 saturated carbocycles. The van der Waals surface area contributed by atoms with Crippen LogP contribution in [0.1, 0.15) is 38.4 Å². The second kappa shape index (κ2) is 4.67. The summed E-state index contributed by atoms with van der Waals surface area (Å²) in [6, 6.07) is 7.93. The number of β-amino-alcohol motifs (C(OH)–C–C–N with tert-alkyl or cyclic N) is 1. The van der Waals surface area contributed by atoms with Gasteiger partial charge >= 0.3 is 0 Å². The van der Waals surface area contributed by atoms with Crippen LogP contribution in [0.3, 0.4) is 0 Å². The summed E-state index contributed by atoms with van der Waals surface area (Å²) in [6.07, 6.45) is 1.47. The maximum absolute atomic E-state index is 10.1. The molecule has 0 radical (unpaired) electrons. The molecule has 3 nitrogen and oxygen atoms in total. The predicted octanol–water partition coefficient (Wildman–Crippen LogP) is 2.09. The van der Waals surface area contributed by atoms with Crippen LogP contribution in [0.25, 0.3) is 0 Å². The highest BCUT2D eigenvalue weighted by molar-refractivity contribution is 5.48. The van der Waals surface area contributed by atoms with E-state index in [4.69, 9.17) is 0 Å². The van der Waals surface area contributed by atoms with Crippen LogP contribution in [0.5, 0.6) is 0 Å². The summed E-state index contributed by atoms with van der Waals surface area (Å²) in [5, 5.41) is 19.5. The molecule has 1 aromatic rings. The molecular formula is C14H21NO2. The number of aliphatic hydroxyl groups excluding tert-OH is 1. The molecule has 1 aliphatic rings. The summed E-state index contributed by atoms with van der Waals surface area (Å²) in [5.41, 5.74) is 1.47. The topological polar surface area (TPSA) is 43.7 Å². The van der Waals surface area contributed by atoms with Crippen molar-refractivity contribution >= 4 is 5.69 Å². The van der Waals surface area contributed by atoms with Crippen molar-refractivity contribution in [1.82, 2.24) is 0 Å². The first-order valence-corrected chi connectivity index (χ1v) is 6.23. The number of hydrogen-bond acceptors (Lipinski definition) is 3. The van der Waals surface area contributed by atoms with Gasteiger partial charge in [0, 0.05) is 18.8 Å². The number of hydrogen-bond donors (Lipinski definition) is 2. The molecule has 1 unspecified atom stereocenters. The molecule has 1 aromatic carbocycles. The molecule has 0 amide bonds. The molecule has 17 heavy (non-hydrogen) atoms. The van der Waals surface area contributed by atoms with Crippen LogP contribution < -0.4 is 4.90 Å². The largest absolute Gasteiger partial charge is 0.389 e. The zero-order valence-electron chi connectivity index (χ0n) is 10.6. The fourth-order valence-electron chi connectivity index (χ4n) is 2.40. The molecule has 1 saturated heterocycles. The Hall–Kier alpha value is -1.06. The number of nitrogens with zero attached hydrogens (tertiary/aromatic N) is 1. The quantitative estimate of drug-likeness (QED) is 0.825. The zero-order chi connectivity index (χ0) is 12.5. The van der Waals surface area contributed by atoms with Crippen molar-refractivity contribution in [2.45, 2.75) is 38.4 Å². The normalized spacial score (nSPS) is 26.9. The van der Waals surface area contributed by atoms with Gasteiger partial charge in [0.15, 0.2) is 0 Å². The van der Waals surface area contributed by atoms with Gasteiger partial charge in [0.05, 0.1) is 11.7 Å². The first-order valence-electron chi connectivity index (χ1n) is 6.23. The molecule has 0 aromatic heterocycles. The van der Waals surface area contributed by atoms with E-state index in [0.717, 1.165) is 30.6 Å². The third-order valence-electron chi connectivity index (χ3n) is 3.42. The summed E-state index contributed by atoms with van der Waals surface area (Å²) in [4.78, 5) is 2.20. The highest BCUT2D eigenvalue weighted by atomic mass is 16.3. The Kier molecular flexibility index (Phi) is 3.40. The average molecular weight is 235 g/mol. The molecule has 3 heteroatoms. The lowest BCUT2D eigenvalue weighted by atomic mass is 9.94. The molecule has 1 heterocycles. The van der Waals surface area contributed by atoms with Gasteiger partial charge in [0.1, 0.15) is 0 Å². The van der Waals surface area contributed by atoms with E-state index in [0.29, 0.717) is 6.54 Å². The van der Waals surface area contributed by atoms with Crippen molar-refractivity contribution < 1.29 is 10.2 Å². The van der Waals surface area contributed by atoms with E-state index in [2.05, 4.69) is 4.90 Å². The number of anilines is 1. The lowest BCUT2D eigenvalue weighted by Gasteiger charge is -2.38. The van der Waals surface area contributed by atoms with Gasteiger partial charge in [0.2, 0.25) is 0 Å². The lowest BCUT2D eigenvalue weighted by molar-refractivity contribution is 0.0449. The van der Waals surface area contributed by atoms with Gasteiger partial charge in [-0.15, -0.1) is 0 Å². The summed E-state index contributed by atoms with van der Waals surface area (Å²) >= 11 is 0. The number of rotatable bonds is 2. The Morgan fingerprint density at radius 1 is 1.29 bits per heavy atom. The third-order valence-corrected chi connectivity index (χ3v) is 3.42. The second-order valence-corrected chi connectivity index (χ2v) is 5.29. The van der Waals surface area contributed by atoms with Gasteiger partial charge in [-0.3, -0.25) is 0 Å². The van der Waals surface area contributed by atoms with Gasteiger partial charge < -0.3 is 15.1 Å². The molecule has 0 bridgehead atoms. The van der Waals surface area contributed by atoms with E-state index < -0.39 is 11.7 Å². The Balaban J connectivity index is 2.12. The second-order valence-electron chi connectivity index (χ2n) is 5.29. The van der Waals surface area contributed by atoms with Crippen LogP contribution in [0.2, 0.25) is 0 Å². The molecule has 0 spiro atoms. The van der Waals surface area contributed by atoms with E-state index in [9.17, 15) is 10.2 Å². The molecule has 1 fully saturated rings. The maximum Gasteiger partial charge on any atom is 0.0794 e. The van der Waals surface area contributed by atoms with Gasteiger partial charge in [-0.2, -0.15) is 0 Å². The Bertz CT molecular complexity index is 370. The fourth-order valence-corrected chi connectivity index (χ4v) is 2.40. The number of aliphatic hydroxyl groups is 2. The van der Waals surface area contributed by atoms with E-state index in [1.54, 1.807) is 6.92 Å². The predicted molar refractivity (Wildman–Crippen MR) is 69.1 cm³/mol. The van der Waals surface area contributed by atoms with Crippen LogP contribution in [-0.2, 0) is 0 Å². The Morgan fingerprint density at radius 2 is 1.94 bits per heavy atom. The van der Waals surface area contributed by atoms with E-state index in [1.165, 1.54) is 0 Å². The van der Waals surface area contributed by atoms with Crippen molar-refractivity contribution in [3.63, 3.8) is 0 Å². The molecule has 2 rings (SSSR count). The van der Waals surface area contributed by atoms with Crippen molar-refractivity contribution in [3.05, 3.63) is 29.8 Å². The van der Waals surface area contributed by atoms with Crippen LogP contribution in [0.4, 0.5) is 5.69 Å². The average Bonchev–Trinajstić information content (AvgIpc) is 2.28. The molecule has 1 aliphatic heterocycles. The third kappa shape index (κ3) is 2.99. The van der Waals surface area contributed by atoms with Crippen molar-refractivity contribution in [3.8, 4) is 0 Å². The smallest absolute Gasteiger partial charge is 0.0794 e. The first kappa shape index (κ1) is 12.4. The Labute approximate surface area is 103 Å². The van der Waals surface area contributed by atoms with Crippen LogP contribution in [-0.4, -0.2) is 28.9 Å². The molecule has 0 aliphatic carbocycles. The first-order chi connectivity index (χ1) is 7.98. The lowest BCUT2D eigenvalue weighted by Crippen LogP contribution is -2.46. The summed E-state index contributed by atoms with van der Waals surface area (Å²) < 4.78 is 0. The zero-order valence-corrected chi connectivity index (χ0v) is 10.6. The highest BCUT2D eigenvalue weighted by Crippen LogP contribution is 2.26. The number of piperidine rings is 1. The van der Waals surface area contributed by atoms with E-state index in [-0.39, 0.29) is 0 Å². The van der Waals surface area contributed by atoms with Crippen LogP contribution in [0, 0.1) is 0 Å². The van der Waals surface area contributed by atoms with Crippen LogP contribution >= 0.6 is 0 Å². The van der Waals surface area contributed by atoms with E-state index in [1.807, 2.05) is 31.2 Å². The van der Waals surface area contributed by atoms with Crippen molar-refractivity contribution in [1.29, 1.82) is 0 Å². The van der Waals surface area contributed by atoms with Crippen molar-refractivity contribution in [2.75, 3.05) is 18.0 Å². The highest BCUT2D eigenvalue weighted by Gasteiger charge is 2.28. The van der Waals surface area contributed by atoms with Gasteiger partial charge in [-0.1, -0.05) is 12.1 Å². The minimum absolute atomic E-state index is 0.423. The molecule has 2 N–H and O–H groups in total. The molecule has 2 atom stereocenters. The van der Waals surface area contributed by atoms with Crippen molar-refractivity contribution in [2.24, 2.45) is 0 Å². The minimum atomic E-state index is -0.582. The van der Waals surface area contributed by atoms with Gasteiger partial charge in [-0.05, 0) is 44.4 Å². The van der Waals surface area contributed by atoms with Gasteiger partial charge in [-0.25, -0.2) is 0 Å². The maximum atomic E-state index is 10.1. The Morgan fingerprint density at radius 3 is 2.47 bits per heavy atom. The molecule has 94 valence electrons. The summed E-state index contributed by atoms with van der Waals surface area (Å²) in [5.74, 6) is 0. The molecular weight excluding hydrogens is 214 g/mol. The SMILES string of the molecule is C[C@H](O)c1ccc(N2CCCC(C)(O)C2)cc1. The summed E-state index contributed by atoms with van der Waals surface area (Å²) in [7, 11) is 0. The fraction of sp³-hybridized carbons (Fsp3) is 0.571.